The van der Waals surface area contributed by atoms with E-state index >= 15 is 0 Å². The van der Waals surface area contributed by atoms with Crippen LogP contribution < -0.4 is 4.90 Å². The molecule has 0 bridgehead atoms. The summed E-state index contributed by atoms with van der Waals surface area (Å²) < 4.78 is 0. The monoisotopic (exact) mass is 294 g/mol. The van der Waals surface area contributed by atoms with Crippen molar-refractivity contribution in [3.05, 3.63) is 33.9 Å². The number of carboxylic acid groups (broad SMARTS) is 1. The predicted molar refractivity (Wildman–Crippen MR) is 77.9 cm³/mol. The molecule has 0 unspecified atom stereocenters. The molecule has 21 heavy (non-hydrogen) atoms. The van der Waals surface area contributed by atoms with E-state index in [9.17, 15) is 19.7 Å². The summed E-state index contributed by atoms with van der Waals surface area (Å²) in [5.41, 5.74) is 0.237. The lowest BCUT2D eigenvalue weighted by Crippen LogP contribution is -2.31. The first-order chi connectivity index (χ1) is 9.90. The first-order valence-electron chi connectivity index (χ1n) is 6.69. The van der Waals surface area contributed by atoms with Gasteiger partial charge in [0, 0.05) is 24.6 Å². The van der Waals surface area contributed by atoms with Gasteiger partial charge in [0.25, 0.3) is 5.69 Å². The fourth-order valence-electron chi connectivity index (χ4n) is 2.03. The highest BCUT2D eigenvalue weighted by atomic mass is 16.6. The molecule has 1 N–H and O–H groups in total. The molecule has 1 aromatic rings. The molecule has 0 amide bonds. The fraction of sp³-hybridized carbons (Fsp3) is 0.429. The molecule has 7 nitrogen and oxygen atoms in total. The maximum Gasteiger partial charge on any atom is 0.323 e. The third kappa shape index (κ3) is 4.27. The van der Waals surface area contributed by atoms with Crippen LogP contribution in [0.15, 0.2) is 18.2 Å². The predicted octanol–water partition coefficient (Wildman–Crippen LogP) is 2.49. The van der Waals surface area contributed by atoms with E-state index in [2.05, 4.69) is 0 Å². The highest BCUT2D eigenvalue weighted by Crippen LogP contribution is 2.29. The van der Waals surface area contributed by atoms with Gasteiger partial charge in [-0.15, -0.1) is 0 Å². The number of carboxylic acids is 1. The van der Waals surface area contributed by atoms with E-state index in [0.717, 1.165) is 0 Å². The molecule has 7 heteroatoms. The van der Waals surface area contributed by atoms with Gasteiger partial charge in [0.15, 0.2) is 5.78 Å². The van der Waals surface area contributed by atoms with Crippen molar-refractivity contribution in [1.82, 2.24) is 0 Å². The van der Waals surface area contributed by atoms with Gasteiger partial charge in [0.05, 0.1) is 4.92 Å². The van der Waals surface area contributed by atoms with Crippen LogP contribution in [0.2, 0.25) is 0 Å². The minimum atomic E-state index is -1.06. The second-order valence-corrected chi connectivity index (χ2v) is 4.55. The maximum atomic E-state index is 11.6. The lowest BCUT2D eigenvalue weighted by molar-refractivity contribution is -0.384. The van der Waals surface area contributed by atoms with Crippen LogP contribution in [0, 0.1) is 10.1 Å². The fourth-order valence-corrected chi connectivity index (χ4v) is 2.03. The summed E-state index contributed by atoms with van der Waals surface area (Å²) in [4.78, 5) is 34.6. The first-order valence-corrected chi connectivity index (χ1v) is 6.69. The number of nitro groups is 1. The lowest BCUT2D eigenvalue weighted by atomic mass is 10.1. The molecule has 0 heterocycles. The largest absolute Gasteiger partial charge is 0.480 e. The molecule has 0 saturated carbocycles. The normalized spacial score (nSPS) is 10.2. The van der Waals surface area contributed by atoms with Gasteiger partial charge < -0.3 is 10.0 Å². The average molecular weight is 294 g/mol. The topological polar surface area (TPSA) is 101 Å². The summed E-state index contributed by atoms with van der Waals surface area (Å²) in [7, 11) is 0. The Morgan fingerprint density at radius 1 is 1.33 bits per heavy atom. The van der Waals surface area contributed by atoms with E-state index in [4.69, 9.17) is 5.11 Å². The second kappa shape index (κ2) is 7.37. The van der Waals surface area contributed by atoms with Crippen molar-refractivity contribution in [3.63, 3.8) is 0 Å². The third-order valence-electron chi connectivity index (χ3n) is 2.98. The Kier molecular flexibility index (Phi) is 5.83. The zero-order chi connectivity index (χ0) is 16.0. The van der Waals surface area contributed by atoms with E-state index in [1.807, 2.05) is 6.92 Å². The zero-order valence-electron chi connectivity index (χ0n) is 12.0. The van der Waals surface area contributed by atoms with Gasteiger partial charge in [-0.2, -0.15) is 0 Å². The van der Waals surface area contributed by atoms with Crippen molar-refractivity contribution >= 4 is 23.1 Å². The summed E-state index contributed by atoms with van der Waals surface area (Å²) in [6, 6.07) is 4.16. The molecular weight excluding hydrogens is 276 g/mol. The summed E-state index contributed by atoms with van der Waals surface area (Å²) in [5.74, 6) is -1.25. The number of aliphatic carboxylic acids is 1. The summed E-state index contributed by atoms with van der Waals surface area (Å²) in [6.45, 7) is 3.59. The van der Waals surface area contributed by atoms with Crippen LogP contribution >= 0.6 is 0 Å². The molecule has 114 valence electrons. The number of carbonyl (C=O) groups is 2. The quantitative estimate of drug-likeness (QED) is 0.449. The Morgan fingerprint density at radius 3 is 2.48 bits per heavy atom. The van der Waals surface area contributed by atoms with Crippen LogP contribution in [-0.4, -0.2) is 34.9 Å². The Bertz CT molecular complexity index is 556. The molecule has 1 aromatic carbocycles. The molecule has 0 aromatic heterocycles. The van der Waals surface area contributed by atoms with E-state index in [-0.39, 0.29) is 35.7 Å². The first kappa shape index (κ1) is 16.6. The number of nitro benzene ring substituents is 1. The zero-order valence-corrected chi connectivity index (χ0v) is 12.0. The molecule has 0 aliphatic heterocycles. The minimum Gasteiger partial charge on any atom is -0.480 e. The molecule has 0 atom stereocenters. The molecule has 0 spiro atoms. The Balaban J connectivity index is 3.29. The van der Waals surface area contributed by atoms with Crippen molar-refractivity contribution in [1.29, 1.82) is 0 Å². The van der Waals surface area contributed by atoms with Crippen molar-refractivity contribution < 1.29 is 19.6 Å². The van der Waals surface area contributed by atoms with Crippen LogP contribution in [0.25, 0.3) is 0 Å². The van der Waals surface area contributed by atoms with Gasteiger partial charge in [-0.25, -0.2) is 0 Å². The van der Waals surface area contributed by atoms with Crippen molar-refractivity contribution in [2.75, 3.05) is 18.0 Å². The van der Waals surface area contributed by atoms with E-state index in [0.29, 0.717) is 13.0 Å². The minimum absolute atomic E-state index is 0.190. The van der Waals surface area contributed by atoms with Crippen molar-refractivity contribution in [3.8, 4) is 0 Å². The van der Waals surface area contributed by atoms with Gasteiger partial charge in [-0.05, 0) is 18.6 Å². The van der Waals surface area contributed by atoms with Crippen LogP contribution in [-0.2, 0) is 4.79 Å². The molecular formula is C14H18N2O5. The van der Waals surface area contributed by atoms with Gasteiger partial charge in [0.2, 0.25) is 0 Å². The number of ketones is 1. The Hall–Kier alpha value is -2.44. The van der Waals surface area contributed by atoms with E-state index in [1.165, 1.54) is 23.1 Å². The summed E-state index contributed by atoms with van der Waals surface area (Å²) >= 11 is 0. The maximum absolute atomic E-state index is 11.6. The lowest BCUT2D eigenvalue weighted by Gasteiger charge is -2.22. The standard InChI is InChI=1S/C14H18N2O5/c1-3-7-15(9-14(18)19)11-6-5-10(13(17)4-2)8-12(11)16(20)21/h5-6,8H,3-4,7,9H2,1-2H3,(H,18,19). The van der Waals surface area contributed by atoms with E-state index in [1.54, 1.807) is 6.92 Å². The van der Waals surface area contributed by atoms with Crippen LogP contribution in [0.5, 0.6) is 0 Å². The third-order valence-corrected chi connectivity index (χ3v) is 2.98. The van der Waals surface area contributed by atoms with Crippen LogP contribution in [0.3, 0.4) is 0 Å². The average Bonchev–Trinajstić information content (AvgIpc) is 2.44. The van der Waals surface area contributed by atoms with Gasteiger partial charge in [-0.3, -0.25) is 19.7 Å². The molecule has 0 saturated heterocycles. The molecule has 0 aliphatic carbocycles. The highest BCUT2D eigenvalue weighted by Gasteiger charge is 2.22. The molecule has 0 fully saturated rings. The number of hydrogen-bond acceptors (Lipinski definition) is 5. The smallest absolute Gasteiger partial charge is 0.323 e. The molecule has 0 radical (unpaired) electrons. The van der Waals surface area contributed by atoms with E-state index < -0.39 is 10.9 Å². The second-order valence-electron chi connectivity index (χ2n) is 4.55. The summed E-state index contributed by atoms with van der Waals surface area (Å²) in [5, 5.41) is 20.1. The number of hydrogen-bond donors (Lipinski definition) is 1. The SMILES string of the molecule is CCCN(CC(=O)O)c1ccc(C(=O)CC)cc1[N+](=O)[O-]. The molecule has 0 aliphatic rings. The number of Topliss-reactive ketones (excluding diaryl/α,β-unsaturated/α-hetero) is 1. The van der Waals surface area contributed by atoms with Gasteiger partial charge >= 0.3 is 5.97 Å². The van der Waals surface area contributed by atoms with Crippen molar-refractivity contribution in [2.45, 2.75) is 26.7 Å². The van der Waals surface area contributed by atoms with Crippen LogP contribution in [0.1, 0.15) is 37.0 Å². The van der Waals surface area contributed by atoms with Crippen molar-refractivity contribution in [2.24, 2.45) is 0 Å². The molecule has 1 rings (SSSR count). The van der Waals surface area contributed by atoms with Crippen LogP contribution in [0.4, 0.5) is 11.4 Å². The van der Waals surface area contributed by atoms with Gasteiger partial charge in [-0.1, -0.05) is 13.8 Å². The Morgan fingerprint density at radius 2 is 2.00 bits per heavy atom. The number of carbonyl (C=O) groups excluding carboxylic acids is 1. The summed E-state index contributed by atoms with van der Waals surface area (Å²) in [6.07, 6.45) is 0.907. The number of anilines is 1. The van der Waals surface area contributed by atoms with Gasteiger partial charge in [0.1, 0.15) is 12.2 Å². The Labute approximate surface area is 122 Å². The number of nitrogens with zero attached hydrogens (tertiary/aromatic N) is 2. The number of benzene rings is 1. The highest BCUT2D eigenvalue weighted by molar-refractivity contribution is 5.97. The number of rotatable bonds is 8.